The molecule has 0 aromatic heterocycles. The number of amides is 1. The van der Waals surface area contributed by atoms with Crippen LogP contribution in [0.4, 0.5) is 5.69 Å². The third-order valence-electron chi connectivity index (χ3n) is 4.81. The highest BCUT2D eigenvalue weighted by molar-refractivity contribution is 5.98. The normalized spacial score (nSPS) is 20.1. The molecule has 1 aromatic carbocycles. The van der Waals surface area contributed by atoms with Crippen LogP contribution in [-0.2, 0) is 16.0 Å². The van der Waals surface area contributed by atoms with E-state index in [1.165, 1.54) is 0 Å². The van der Waals surface area contributed by atoms with Crippen molar-refractivity contribution in [2.75, 3.05) is 44.3 Å². The molecular weight excluding hydrogens is 304 g/mol. The Bertz CT molecular complexity index is 603. The second kappa shape index (κ2) is 6.82. The maximum atomic E-state index is 12.6. The second-order valence-electron chi connectivity index (χ2n) is 7.77. The summed E-state index contributed by atoms with van der Waals surface area (Å²) in [6, 6.07) is 6.01. The minimum Gasteiger partial charge on any atom is -0.387 e. The zero-order valence-corrected chi connectivity index (χ0v) is 14.9. The molecule has 0 saturated carbocycles. The summed E-state index contributed by atoms with van der Waals surface area (Å²) in [7, 11) is 0. The number of β-amino-alcohol motifs (C(OH)–C–C–N with tert-alkyl or cyclic N) is 1. The van der Waals surface area contributed by atoms with Crippen LogP contribution in [0.2, 0.25) is 0 Å². The maximum absolute atomic E-state index is 12.6. The Morgan fingerprint density at radius 3 is 2.62 bits per heavy atom. The van der Waals surface area contributed by atoms with Gasteiger partial charge in [0.05, 0.1) is 19.3 Å². The Morgan fingerprint density at radius 1 is 1.25 bits per heavy atom. The van der Waals surface area contributed by atoms with E-state index in [0.717, 1.165) is 56.1 Å². The molecule has 0 bridgehead atoms. The lowest BCUT2D eigenvalue weighted by atomic mass is 9.94. The molecule has 1 atom stereocenters. The molecule has 5 heteroatoms. The van der Waals surface area contributed by atoms with Crippen LogP contribution < -0.4 is 4.90 Å². The van der Waals surface area contributed by atoms with Crippen molar-refractivity contribution in [1.82, 2.24) is 4.90 Å². The average Bonchev–Trinajstić information content (AvgIpc) is 2.97. The van der Waals surface area contributed by atoms with Gasteiger partial charge in [-0.2, -0.15) is 0 Å². The fourth-order valence-corrected chi connectivity index (χ4v) is 3.38. The number of anilines is 1. The number of carbonyl (C=O) groups is 1. The molecule has 1 saturated heterocycles. The molecule has 1 amide bonds. The molecule has 1 N–H and O–H groups in total. The number of morpholine rings is 1. The van der Waals surface area contributed by atoms with Crippen molar-refractivity contribution < 1.29 is 14.6 Å². The Hall–Kier alpha value is -1.43. The topological polar surface area (TPSA) is 53.0 Å². The molecule has 132 valence electrons. The number of rotatable bonds is 3. The van der Waals surface area contributed by atoms with E-state index in [1.54, 1.807) is 0 Å². The van der Waals surface area contributed by atoms with Gasteiger partial charge in [0.25, 0.3) is 0 Å². The quantitative estimate of drug-likeness (QED) is 0.920. The average molecular weight is 332 g/mol. The van der Waals surface area contributed by atoms with Crippen LogP contribution in [-0.4, -0.2) is 55.3 Å². The number of aliphatic hydroxyl groups is 1. The summed E-state index contributed by atoms with van der Waals surface area (Å²) in [5.74, 6) is 0.155. The molecule has 2 heterocycles. The minimum absolute atomic E-state index is 0.155. The molecule has 5 nitrogen and oxygen atoms in total. The van der Waals surface area contributed by atoms with Crippen LogP contribution in [0.5, 0.6) is 0 Å². The first-order chi connectivity index (χ1) is 11.4. The third kappa shape index (κ3) is 3.63. The van der Waals surface area contributed by atoms with Crippen LogP contribution in [0, 0.1) is 5.41 Å². The summed E-state index contributed by atoms with van der Waals surface area (Å²) in [4.78, 5) is 16.7. The number of hydrogen-bond donors (Lipinski definition) is 1. The first kappa shape index (κ1) is 17.4. The Morgan fingerprint density at radius 2 is 1.96 bits per heavy atom. The molecule has 0 aliphatic carbocycles. The van der Waals surface area contributed by atoms with Crippen molar-refractivity contribution in [2.45, 2.75) is 33.3 Å². The Kier molecular flexibility index (Phi) is 4.95. The van der Waals surface area contributed by atoms with Gasteiger partial charge in [0.15, 0.2) is 0 Å². The van der Waals surface area contributed by atoms with Crippen LogP contribution >= 0.6 is 0 Å². The molecule has 1 aromatic rings. The lowest BCUT2D eigenvalue weighted by molar-refractivity contribution is -0.125. The van der Waals surface area contributed by atoms with Crippen molar-refractivity contribution in [1.29, 1.82) is 0 Å². The number of nitrogens with zero attached hydrogens (tertiary/aromatic N) is 2. The van der Waals surface area contributed by atoms with E-state index in [2.05, 4.69) is 11.0 Å². The van der Waals surface area contributed by atoms with Gasteiger partial charge in [0, 0.05) is 37.3 Å². The van der Waals surface area contributed by atoms with Gasteiger partial charge in [0.1, 0.15) is 0 Å². The SMILES string of the molecule is CC(C)(C)C(=O)N1CCc2cc(C(O)CN3CCOCC3)ccc21. The van der Waals surface area contributed by atoms with Crippen molar-refractivity contribution in [3.8, 4) is 0 Å². The van der Waals surface area contributed by atoms with Crippen LogP contribution in [0.15, 0.2) is 18.2 Å². The standard InChI is InChI=1S/C19H28N2O3/c1-19(2,3)18(23)21-7-6-14-12-15(4-5-16(14)21)17(22)13-20-8-10-24-11-9-20/h4-5,12,17,22H,6-11,13H2,1-3H3. The molecule has 1 fully saturated rings. The van der Waals surface area contributed by atoms with Crippen molar-refractivity contribution >= 4 is 11.6 Å². The summed E-state index contributed by atoms with van der Waals surface area (Å²) in [6.07, 6.45) is 0.357. The van der Waals surface area contributed by atoms with Gasteiger partial charge in [-0.3, -0.25) is 9.69 Å². The van der Waals surface area contributed by atoms with Crippen molar-refractivity contribution in [3.05, 3.63) is 29.3 Å². The zero-order chi connectivity index (χ0) is 17.3. The fraction of sp³-hybridized carbons (Fsp3) is 0.632. The highest BCUT2D eigenvalue weighted by Crippen LogP contribution is 2.33. The lowest BCUT2D eigenvalue weighted by Crippen LogP contribution is -2.39. The minimum atomic E-state index is -0.499. The maximum Gasteiger partial charge on any atom is 0.232 e. The predicted octanol–water partition coefficient (Wildman–Crippen LogP) is 1.99. The summed E-state index contributed by atoms with van der Waals surface area (Å²) >= 11 is 0. The summed E-state index contributed by atoms with van der Waals surface area (Å²) in [5.41, 5.74) is 2.71. The number of ether oxygens (including phenoxy) is 1. The van der Waals surface area contributed by atoms with Gasteiger partial charge < -0.3 is 14.7 Å². The first-order valence-corrected chi connectivity index (χ1v) is 8.79. The predicted molar refractivity (Wildman–Crippen MR) is 94.2 cm³/mol. The number of hydrogen-bond acceptors (Lipinski definition) is 4. The molecule has 0 spiro atoms. The fourth-order valence-electron chi connectivity index (χ4n) is 3.38. The molecule has 0 radical (unpaired) electrons. The summed E-state index contributed by atoms with van der Waals surface area (Å²) in [6.45, 7) is 10.4. The van der Waals surface area contributed by atoms with Crippen LogP contribution in [0.3, 0.4) is 0 Å². The van der Waals surface area contributed by atoms with Gasteiger partial charge in [-0.05, 0) is 23.6 Å². The van der Waals surface area contributed by atoms with Crippen LogP contribution in [0.25, 0.3) is 0 Å². The third-order valence-corrected chi connectivity index (χ3v) is 4.81. The van der Waals surface area contributed by atoms with E-state index in [1.807, 2.05) is 37.8 Å². The van der Waals surface area contributed by atoms with E-state index in [4.69, 9.17) is 4.74 Å². The Balaban J connectivity index is 1.71. The molecule has 2 aliphatic heterocycles. The smallest absolute Gasteiger partial charge is 0.232 e. The number of aliphatic hydroxyl groups excluding tert-OH is 1. The second-order valence-corrected chi connectivity index (χ2v) is 7.77. The van der Waals surface area contributed by atoms with Gasteiger partial charge in [-0.1, -0.05) is 32.9 Å². The Labute approximate surface area is 144 Å². The number of carbonyl (C=O) groups excluding carboxylic acids is 1. The van der Waals surface area contributed by atoms with E-state index in [0.29, 0.717) is 6.54 Å². The number of fused-ring (bicyclic) bond motifs is 1. The highest BCUT2D eigenvalue weighted by atomic mass is 16.5. The van der Waals surface area contributed by atoms with E-state index in [9.17, 15) is 9.90 Å². The lowest BCUT2D eigenvalue weighted by Gasteiger charge is -2.29. The van der Waals surface area contributed by atoms with Gasteiger partial charge in [-0.25, -0.2) is 0 Å². The van der Waals surface area contributed by atoms with Crippen molar-refractivity contribution in [3.63, 3.8) is 0 Å². The van der Waals surface area contributed by atoms with E-state index in [-0.39, 0.29) is 11.3 Å². The molecule has 2 aliphatic rings. The van der Waals surface area contributed by atoms with Gasteiger partial charge in [0.2, 0.25) is 5.91 Å². The zero-order valence-electron chi connectivity index (χ0n) is 14.9. The summed E-state index contributed by atoms with van der Waals surface area (Å²) in [5, 5.41) is 10.5. The molecule has 1 unspecified atom stereocenters. The molecular formula is C19H28N2O3. The van der Waals surface area contributed by atoms with Gasteiger partial charge in [-0.15, -0.1) is 0 Å². The first-order valence-electron chi connectivity index (χ1n) is 8.79. The van der Waals surface area contributed by atoms with Gasteiger partial charge >= 0.3 is 0 Å². The number of benzene rings is 1. The van der Waals surface area contributed by atoms with Crippen molar-refractivity contribution in [2.24, 2.45) is 5.41 Å². The summed E-state index contributed by atoms with van der Waals surface area (Å²) < 4.78 is 5.35. The highest BCUT2D eigenvalue weighted by Gasteiger charge is 2.32. The largest absolute Gasteiger partial charge is 0.387 e. The molecule has 24 heavy (non-hydrogen) atoms. The molecule has 3 rings (SSSR count). The van der Waals surface area contributed by atoms with Crippen LogP contribution in [0.1, 0.15) is 38.0 Å². The van der Waals surface area contributed by atoms with E-state index < -0.39 is 6.10 Å². The monoisotopic (exact) mass is 332 g/mol. The van der Waals surface area contributed by atoms with E-state index >= 15 is 0 Å².